The van der Waals surface area contributed by atoms with Crippen molar-refractivity contribution in [2.75, 3.05) is 5.32 Å². The Balaban J connectivity index is 0.00000420. The molecular weight excluding hydrogens is 744 g/mol. The fraction of sp³-hybridized carbons (Fsp3) is 0.225. The second kappa shape index (κ2) is 20.9. The maximum Gasteiger partial charge on any atom is 1.00 e. The number of fused-ring (bicyclic) bond motifs is 1. The fourth-order valence-electron chi connectivity index (χ4n) is 6.44. The third-order valence-corrected chi connectivity index (χ3v) is 9.32. The Labute approximate surface area is 365 Å². The van der Waals surface area contributed by atoms with E-state index in [9.17, 15) is 49.4 Å². The van der Waals surface area contributed by atoms with Crippen molar-refractivity contribution in [3.05, 3.63) is 142 Å². The molecule has 4 aromatic carbocycles. The Morgan fingerprint density at radius 2 is 1.45 bits per heavy atom. The van der Waals surface area contributed by atoms with Gasteiger partial charge >= 0.3 is 65.1 Å². The molecule has 0 saturated carbocycles. The van der Waals surface area contributed by atoms with Gasteiger partial charge in [-0.15, -0.1) is 0 Å². The number of hydrogen-bond acceptors (Lipinski definition) is 10. The summed E-state index contributed by atoms with van der Waals surface area (Å²) in [4.78, 5) is 75.2. The standard InChI is InChI=1S/C40H37N3O11.2Na/c1-24(32(27-13-15-30(16-14-27)43(52)53)20-31-17-18-35(54-31)38(47)41-29-9-3-2-4-10-29)42(23-25-11-12-26-7-5-6-8-28(26)19-25)36(44)21-33(39(48)49)34(40(50)51)22-37(45)46;;/h2-19,24,32-34H,20-23H2,1H3,(H,41,47)(H,45,46)(H,48,49)(H,50,51);;/q;2*+1/p-2. The van der Waals surface area contributed by atoms with Gasteiger partial charge in [0.15, 0.2) is 5.76 Å². The minimum absolute atomic E-state index is 0. The minimum Gasteiger partial charge on any atom is -0.550 e. The van der Waals surface area contributed by atoms with E-state index in [1.54, 1.807) is 49.4 Å². The molecule has 0 radical (unpaired) electrons. The van der Waals surface area contributed by atoms with E-state index in [0.717, 1.165) is 10.8 Å². The maximum absolute atomic E-state index is 14.3. The van der Waals surface area contributed by atoms with Crippen molar-refractivity contribution in [1.82, 2.24) is 4.90 Å². The van der Waals surface area contributed by atoms with Crippen molar-refractivity contribution in [2.24, 2.45) is 11.8 Å². The number of carbonyl (C=O) groups is 5. The van der Waals surface area contributed by atoms with Crippen LogP contribution in [0.25, 0.3) is 10.8 Å². The molecule has 0 aliphatic carbocycles. The third-order valence-electron chi connectivity index (χ3n) is 9.32. The van der Waals surface area contributed by atoms with E-state index in [0.29, 0.717) is 22.6 Å². The van der Waals surface area contributed by atoms with Gasteiger partial charge in [-0.05, 0) is 65.6 Å². The monoisotopic (exact) mass is 779 g/mol. The molecule has 56 heavy (non-hydrogen) atoms. The molecule has 2 N–H and O–H groups in total. The molecule has 0 aliphatic rings. The van der Waals surface area contributed by atoms with Crippen LogP contribution >= 0.6 is 0 Å². The number of hydrogen-bond donors (Lipinski definition) is 2. The molecule has 0 spiro atoms. The van der Waals surface area contributed by atoms with Crippen molar-refractivity contribution >= 4 is 51.9 Å². The van der Waals surface area contributed by atoms with E-state index in [2.05, 4.69) is 5.32 Å². The van der Waals surface area contributed by atoms with Crippen molar-refractivity contribution in [2.45, 2.75) is 44.7 Å². The first-order valence-electron chi connectivity index (χ1n) is 16.9. The minimum atomic E-state index is -2.07. The molecule has 0 saturated heterocycles. The summed E-state index contributed by atoms with van der Waals surface area (Å²) in [5.41, 5.74) is 1.54. The van der Waals surface area contributed by atoms with E-state index in [1.807, 2.05) is 36.4 Å². The number of carbonyl (C=O) groups excluding carboxylic acids is 4. The summed E-state index contributed by atoms with van der Waals surface area (Å²) in [6.45, 7) is 1.60. The molecule has 278 valence electrons. The first-order chi connectivity index (χ1) is 25.8. The molecule has 0 bridgehead atoms. The molecule has 4 atom stereocenters. The predicted molar refractivity (Wildman–Crippen MR) is 190 cm³/mol. The molecule has 5 rings (SSSR count). The molecule has 5 aromatic rings. The summed E-state index contributed by atoms with van der Waals surface area (Å²) in [5, 5.41) is 49.3. The zero-order valence-corrected chi connectivity index (χ0v) is 35.0. The maximum atomic E-state index is 14.3. The second-order valence-electron chi connectivity index (χ2n) is 12.8. The number of nitrogens with zero attached hydrogens (tertiary/aromatic N) is 2. The number of benzene rings is 4. The Kier molecular flexibility index (Phi) is 17.0. The van der Waals surface area contributed by atoms with Gasteiger partial charge in [0.2, 0.25) is 5.91 Å². The number of carboxylic acids is 3. The average molecular weight is 780 g/mol. The van der Waals surface area contributed by atoms with Crippen LogP contribution in [0.4, 0.5) is 11.4 Å². The number of aliphatic carboxylic acids is 3. The van der Waals surface area contributed by atoms with Crippen molar-refractivity contribution < 1.29 is 108 Å². The molecule has 1 heterocycles. The topological polar surface area (TPSA) is 223 Å². The third kappa shape index (κ3) is 11.8. The van der Waals surface area contributed by atoms with Gasteiger partial charge in [-0.3, -0.25) is 24.5 Å². The van der Waals surface area contributed by atoms with Gasteiger partial charge in [0.1, 0.15) is 5.76 Å². The SMILES string of the molecule is CC(C(Cc1ccc(C(=O)Nc2ccccc2)o1)c1ccc([N+](=O)[O-])cc1)N(Cc1ccc2ccccc2c1)C(=O)CC(C(=O)O)C(CC(=O)[O-])C(=O)[O-].[Na+].[Na+]. The van der Waals surface area contributed by atoms with Gasteiger partial charge in [-0.1, -0.05) is 66.7 Å². The molecular formula is C40H35N3Na2O11. The van der Waals surface area contributed by atoms with Crippen LogP contribution < -0.4 is 74.6 Å². The number of amides is 2. The molecule has 1 aromatic heterocycles. The van der Waals surface area contributed by atoms with Crippen molar-refractivity contribution in [3.63, 3.8) is 0 Å². The first kappa shape index (κ1) is 45.6. The van der Waals surface area contributed by atoms with Crippen LogP contribution in [0.15, 0.2) is 114 Å². The van der Waals surface area contributed by atoms with Crippen LogP contribution in [0.5, 0.6) is 0 Å². The number of nitro groups is 1. The summed E-state index contributed by atoms with van der Waals surface area (Å²) in [5.74, 6) is -11.2. The Morgan fingerprint density at radius 3 is 2.05 bits per heavy atom. The summed E-state index contributed by atoms with van der Waals surface area (Å²) < 4.78 is 5.94. The van der Waals surface area contributed by atoms with Crippen molar-refractivity contribution in [3.8, 4) is 0 Å². The predicted octanol–water partition coefficient (Wildman–Crippen LogP) is -2.06. The molecule has 4 unspecified atom stereocenters. The van der Waals surface area contributed by atoms with Gasteiger partial charge in [0, 0.05) is 67.0 Å². The van der Waals surface area contributed by atoms with Crippen LogP contribution in [0.1, 0.15) is 53.1 Å². The Bertz CT molecular complexity index is 2180. The first-order valence-corrected chi connectivity index (χ1v) is 16.9. The van der Waals surface area contributed by atoms with E-state index >= 15 is 0 Å². The largest absolute Gasteiger partial charge is 1.00 e. The van der Waals surface area contributed by atoms with Crippen LogP contribution in [0.2, 0.25) is 0 Å². The van der Waals surface area contributed by atoms with Crippen molar-refractivity contribution in [1.29, 1.82) is 0 Å². The summed E-state index contributed by atoms with van der Waals surface area (Å²) in [6.07, 6.45) is -2.01. The summed E-state index contributed by atoms with van der Waals surface area (Å²) in [6, 6.07) is 29.6. The number of rotatable bonds is 17. The van der Waals surface area contributed by atoms with Crippen LogP contribution in [-0.2, 0) is 32.1 Å². The zero-order chi connectivity index (χ0) is 38.9. The average Bonchev–Trinajstić information content (AvgIpc) is 3.63. The van der Waals surface area contributed by atoms with E-state index in [1.165, 1.54) is 35.2 Å². The number of furan rings is 1. The number of nitrogens with one attached hydrogen (secondary N) is 1. The molecule has 2 amide bonds. The second-order valence-corrected chi connectivity index (χ2v) is 12.8. The number of non-ortho nitro benzene ring substituents is 1. The van der Waals surface area contributed by atoms with Gasteiger partial charge in [0.05, 0.1) is 10.8 Å². The van der Waals surface area contributed by atoms with Crippen LogP contribution in [0, 0.1) is 22.0 Å². The Hall–Kier alpha value is -4.83. The van der Waals surface area contributed by atoms with Gasteiger partial charge in [0.25, 0.3) is 11.6 Å². The van der Waals surface area contributed by atoms with Crippen LogP contribution in [0.3, 0.4) is 0 Å². The van der Waals surface area contributed by atoms with Gasteiger partial charge in [-0.25, -0.2) is 0 Å². The molecule has 0 fully saturated rings. The molecule has 14 nitrogen and oxygen atoms in total. The smallest absolute Gasteiger partial charge is 0.550 e. The summed E-state index contributed by atoms with van der Waals surface area (Å²) in [7, 11) is 0. The zero-order valence-electron chi connectivity index (χ0n) is 31.0. The number of nitro benzene ring substituents is 1. The number of anilines is 1. The number of carboxylic acid groups (broad SMARTS) is 3. The van der Waals surface area contributed by atoms with Gasteiger partial charge in [-0.2, -0.15) is 0 Å². The van der Waals surface area contributed by atoms with Crippen LogP contribution in [-0.4, -0.2) is 50.7 Å². The van der Waals surface area contributed by atoms with Gasteiger partial charge < -0.3 is 39.5 Å². The van der Waals surface area contributed by atoms with E-state index in [-0.39, 0.29) is 83.5 Å². The quantitative estimate of drug-likeness (QED) is 0.0594. The van der Waals surface area contributed by atoms with E-state index in [4.69, 9.17) is 4.42 Å². The fourth-order valence-corrected chi connectivity index (χ4v) is 6.44. The summed E-state index contributed by atoms with van der Waals surface area (Å²) >= 11 is 0. The molecule has 16 heteroatoms. The molecule has 0 aliphatic heterocycles. The number of para-hydroxylation sites is 1. The van der Waals surface area contributed by atoms with E-state index < -0.39 is 71.3 Å². The Morgan fingerprint density at radius 1 is 0.804 bits per heavy atom. The normalized spacial score (nSPS) is 12.8.